The van der Waals surface area contributed by atoms with Crippen molar-refractivity contribution < 1.29 is 9.53 Å². The summed E-state index contributed by atoms with van der Waals surface area (Å²) in [6, 6.07) is 0.121. The fraction of sp³-hybridized carbons (Fsp3) is 0.909. The number of nitrogens with one attached hydrogen (secondary N) is 1. The predicted molar refractivity (Wildman–Crippen MR) is 62.0 cm³/mol. The SMILES string of the molecule is CCN(CC)CC(C)NC(=O)OC(C)C. The highest BCUT2D eigenvalue weighted by molar-refractivity contribution is 5.67. The summed E-state index contributed by atoms with van der Waals surface area (Å²) in [5, 5.41) is 2.81. The molecule has 1 atom stereocenters. The Kier molecular flexibility index (Phi) is 7.13. The number of carbonyl (C=O) groups is 1. The van der Waals surface area contributed by atoms with Gasteiger partial charge in [-0.2, -0.15) is 0 Å². The third-order valence-electron chi connectivity index (χ3n) is 2.13. The van der Waals surface area contributed by atoms with Crippen LogP contribution in [0.5, 0.6) is 0 Å². The fourth-order valence-corrected chi connectivity index (χ4v) is 1.36. The lowest BCUT2D eigenvalue weighted by Gasteiger charge is -2.23. The Labute approximate surface area is 93.0 Å². The largest absolute Gasteiger partial charge is 0.447 e. The molecule has 0 aliphatic carbocycles. The molecular formula is C11H24N2O2. The van der Waals surface area contributed by atoms with E-state index in [1.54, 1.807) is 0 Å². The van der Waals surface area contributed by atoms with Crippen molar-refractivity contribution >= 4 is 6.09 Å². The Morgan fingerprint density at radius 2 is 1.80 bits per heavy atom. The Balaban J connectivity index is 3.81. The topological polar surface area (TPSA) is 41.6 Å². The van der Waals surface area contributed by atoms with E-state index in [0.29, 0.717) is 0 Å². The van der Waals surface area contributed by atoms with Crippen LogP contribution >= 0.6 is 0 Å². The molecule has 90 valence electrons. The van der Waals surface area contributed by atoms with Gasteiger partial charge in [-0.15, -0.1) is 0 Å². The summed E-state index contributed by atoms with van der Waals surface area (Å²) in [5.74, 6) is 0. The van der Waals surface area contributed by atoms with Crippen molar-refractivity contribution in [3.05, 3.63) is 0 Å². The molecule has 0 fully saturated rings. The maximum absolute atomic E-state index is 11.3. The van der Waals surface area contributed by atoms with Crippen LogP contribution in [0.3, 0.4) is 0 Å². The number of amides is 1. The number of rotatable bonds is 6. The number of hydrogen-bond acceptors (Lipinski definition) is 3. The van der Waals surface area contributed by atoms with Crippen molar-refractivity contribution in [3.8, 4) is 0 Å². The normalized spacial score (nSPS) is 13.0. The molecule has 0 bridgehead atoms. The van der Waals surface area contributed by atoms with Gasteiger partial charge in [0, 0.05) is 12.6 Å². The molecule has 0 aliphatic rings. The van der Waals surface area contributed by atoms with E-state index in [1.807, 2.05) is 20.8 Å². The van der Waals surface area contributed by atoms with Crippen molar-refractivity contribution in [3.63, 3.8) is 0 Å². The molecule has 0 saturated carbocycles. The van der Waals surface area contributed by atoms with Gasteiger partial charge in [0.15, 0.2) is 0 Å². The monoisotopic (exact) mass is 216 g/mol. The fourth-order valence-electron chi connectivity index (χ4n) is 1.36. The molecule has 1 amide bonds. The summed E-state index contributed by atoms with van der Waals surface area (Å²) in [6.07, 6.45) is -0.393. The zero-order valence-electron chi connectivity index (χ0n) is 10.5. The Morgan fingerprint density at radius 3 is 2.20 bits per heavy atom. The van der Waals surface area contributed by atoms with Gasteiger partial charge in [-0.3, -0.25) is 0 Å². The summed E-state index contributed by atoms with van der Waals surface area (Å²) in [5.41, 5.74) is 0. The molecule has 0 aromatic carbocycles. The van der Waals surface area contributed by atoms with Crippen LogP contribution in [0.15, 0.2) is 0 Å². The molecule has 1 unspecified atom stereocenters. The van der Waals surface area contributed by atoms with E-state index in [0.717, 1.165) is 19.6 Å². The minimum Gasteiger partial charge on any atom is -0.447 e. The molecule has 0 aliphatic heterocycles. The number of hydrogen-bond donors (Lipinski definition) is 1. The second-order valence-electron chi connectivity index (χ2n) is 3.99. The van der Waals surface area contributed by atoms with Crippen molar-refractivity contribution in [1.29, 1.82) is 0 Å². The van der Waals surface area contributed by atoms with Crippen LogP contribution in [0.25, 0.3) is 0 Å². The number of nitrogens with zero attached hydrogens (tertiary/aromatic N) is 1. The van der Waals surface area contributed by atoms with Crippen molar-refractivity contribution in [2.45, 2.75) is 46.8 Å². The Hall–Kier alpha value is -0.770. The van der Waals surface area contributed by atoms with Crippen LogP contribution < -0.4 is 5.32 Å². The van der Waals surface area contributed by atoms with Gasteiger partial charge in [0.2, 0.25) is 0 Å². The molecule has 0 rings (SSSR count). The van der Waals surface area contributed by atoms with E-state index >= 15 is 0 Å². The van der Waals surface area contributed by atoms with E-state index in [1.165, 1.54) is 0 Å². The van der Waals surface area contributed by atoms with Crippen molar-refractivity contribution in [2.24, 2.45) is 0 Å². The summed E-state index contributed by atoms with van der Waals surface area (Å²) < 4.78 is 5.00. The molecule has 0 heterocycles. The number of carbonyl (C=O) groups excluding carboxylic acids is 1. The first-order valence-electron chi connectivity index (χ1n) is 5.69. The Morgan fingerprint density at radius 1 is 1.27 bits per heavy atom. The average molecular weight is 216 g/mol. The molecule has 0 aromatic heterocycles. The first-order chi connectivity index (χ1) is 6.99. The predicted octanol–water partition coefficient (Wildman–Crippen LogP) is 1.85. The highest BCUT2D eigenvalue weighted by atomic mass is 16.6. The highest BCUT2D eigenvalue weighted by Gasteiger charge is 2.11. The first kappa shape index (κ1) is 14.2. The summed E-state index contributed by atoms with van der Waals surface area (Å²) in [7, 11) is 0. The second kappa shape index (κ2) is 7.51. The van der Waals surface area contributed by atoms with E-state index in [2.05, 4.69) is 24.1 Å². The zero-order valence-corrected chi connectivity index (χ0v) is 10.5. The molecule has 4 nitrogen and oxygen atoms in total. The van der Waals surface area contributed by atoms with Gasteiger partial charge in [0.1, 0.15) is 0 Å². The van der Waals surface area contributed by atoms with Gasteiger partial charge in [0.05, 0.1) is 6.10 Å². The minimum absolute atomic E-state index is 0.0642. The molecule has 1 N–H and O–H groups in total. The van der Waals surface area contributed by atoms with Gasteiger partial charge in [0.25, 0.3) is 0 Å². The van der Waals surface area contributed by atoms with Gasteiger partial charge < -0.3 is 15.0 Å². The van der Waals surface area contributed by atoms with Gasteiger partial charge >= 0.3 is 6.09 Å². The lowest BCUT2D eigenvalue weighted by atomic mass is 10.3. The summed E-state index contributed by atoms with van der Waals surface area (Å²) in [6.45, 7) is 12.8. The second-order valence-corrected chi connectivity index (χ2v) is 3.99. The van der Waals surface area contributed by atoms with Crippen LogP contribution in [0.2, 0.25) is 0 Å². The van der Waals surface area contributed by atoms with E-state index in [-0.39, 0.29) is 18.2 Å². The number of ether oxygens (including phenoxy) is 1. The molecule has 0 aromatic rings. The van der Waals surface area contributed by atoms with Crippen LogP contribution in [0, 0.1) is 0 Å². The maximum atomic E-state index is 11.3. The molecule has 0 saturated heterocycles. The number of alkyl carbamates (subject to hydrolysis) is 1. The standard InChI is InChI=1S/C11H24N2O2/c1-6-13(7-2)8-10(5)12-11(14)15-9(3)4/h9-10H,6-8H2,1-5H3,(H,12,14). The highest BCUT2D eigenvalue weighted by Crippen LogP contribution is 1.94. The van der Waals surface area contributed by atoms with Crippen molar-refractivity contribution in [2.75, 3.05) is 19.6 Å². The van der Waals surface area contributed by atoms with Gasteiger partial charge in [-0.25, -0.2) is 4.79 Å². The van der Waals surface area contributed by atoms with E-state index < -0.39 is 0 Å². The lowest BCUT2D eigenvalue weighted by molar-refractivity contribution is 0.110. The first-order valence-corrected chi connectivity index (χ1v) is 5.69. The van der Waals surface area contributed by atoms with Crippen LogP contribution in [-0.4, -0.2) is 42.8 Å². The van der Waals surface area contributed by atoms with Crippen LogP contribution in [-0.2, 0) is 4.74 Å². The zero-order chi connectivity index (χ0) is 11.8. The third-order valence-corrected chi connectivity index (χ3v) is 2.13. The van der Waals surface area contributed by atoms with Gasteiger partial charge in [-0.05, 0) is 33.9 Å². The lowest BCUT2D eigenvalue weighted by Crippen LogP contribution is -2.42. The number of likely N-dealkylation sites (N-methyl/N-ethyl adjacent to an activating group) is 1. The molecule has 15 heavy (non-hydrogen) atoms. The maximum Gasteiger partial charge on any atom is 0.407 e. The van der Waals surface area contributed by atoms with E-state index in [9.17, 15) is 4.79 Å². The van der Waals surface area contributed by atoms with Crippen molar-refractivity contribution in [1.82, 2.24) is 10.2 Å². The summed E-state index contributed by atoms with van der Waals surface area (Å²) >= 11 is 0. The molecule has 0 radical (unpaired) electrons. The van der Waals surface area contributed by atoms with Crippen LogP contribution in [0.1, 0.15) is 34.6 Å². The smallest absolute Gasteiger partial charge is 0.407 e. The Bertz CT molecular complexity index is 179. The molecular weight excluding hydrogens is 192 g/mol. The minimum atomic E-state index is -0.329. The molecule has 0 spiro atoms. The van der Waals surface area contributed by atoms with E-state index in [4.69, 9.17) is 4.74 Å². The quantitative estimate of drug-likeness (QED) is 0.736. The third kappa shape index (κ3) is 7.19. The average Bonchev–Trinajstić information content (AvgIpc) is 2.12. The van der Waals surface area contributed by atoms with Crippen LogP contribution in [0.4, 0.5) is 4.79 Å². The molecule has 4 heteroatoms. The van der Waals surface area contributed by atoms with Gasteiger partial charge in [-0.1, -0.05) is 13.8 Å². The summed E-state index contributed by atoms with van der Waals surface area (Å²) in [4.78, 5) is 13.5.